The first-order valence-corrected chi connectivity index (χ1v) is 9.98. The van der Waals surface area contributed by atoms with Crippen LogP contribution >= 0.6 is 0 Å². The number of benzene rings is 2. The van der Waals surface area contributed by atoms with Gasteiger partial charge in [-0.15, -0.1) is 13.2 Å². The Labute approximate surface area is 187 Å². The number of rotatable bonds is 7. The van der Waals surface area contributed by atoms with Crippen molar-refractivity contribution in [1.29, 1.82) is 0 Å². The predicted octanol–water partition coefficient (Wildman–Crippen LogP) is 4.60. The first kappa shape index (κ1) is 24.1. The van der Waals surface area contributed by atoms with Gasteiger partial charge in [0.1, 0.15) is 17.3 Å². The molecular weight excluding hydrogens is 442 g/mol. The summed E-state index contributed by atoms with van der Waals surface area (Å²) in [5.74, 6) is -1.52. The summed E-state index contributed by atoms with van der Waals surface area (Å²) in [7, 11) is 0. The Morgan fingerprint density at radius 2 is 1.76 bits per heavy atom. The van der Waals surface area contributed by atoms with Crippen molar-refractivity contribution in [1.82, 2.24) is 15.3 Å². The highest BCUT2D eigenvalue weighted by Gasteiger charge is 2.31. The van der Waals surface area contributed by atoms with Crippen LogP contribution in [0.2, 0.25) is 0 Å². The molecule has 1 heterocycles. The lowest BCUT2D eigenvalue weighted by molar-refractivity contribution is -0.274. The number of hydrogen-bond acceptors (Lipinski definition) is 5. The summed E-state index contributed by atoms with van der Waals surface area (Å²) in [6, 6.07) is 11.3. The van der Waals surface area contributed by atoms with E-state index >= 15 is 0 Å². The van der Waals surface area contributed by atoms with E-state index in [1.807, 2.05) is 13.8 Å². The molecule has 0 spiro atoms. The molecular formula is C23H21F4N3O3. The minimum Gasteiger partial charge on any atom is -0.406 e. The van der Waals surface area contributed by atoms with Crippen LogP contribution in [0.3, 0.4) is 0 Å². The van der Waals surface area contributed by atoms with Gasteiger partial charge in [0.05, 0.1) is 18.3 Å². The average Bonchev–Trinajstić information content (AvgIpc) is 2.76. The van der Waals surface area contributed by atoms with E-state index in [1.165, 1.54) is 36.4 Å². The lowest BCUT2D eigenvalue weighted by atomic mass is 10.0. The van der Waals surface area contributed by atoms with Gasteiger partial charge < -0.3 is 15.2 Å². The molecule has 2 aromatic carbocycles. The summed E-state index contributed by atoms with van der Waals surface area (Å²) in [5, 5.41) is 12.2. The summed E-state index contributed by atoms with van der Waals surface area (Å²) in [6.07, 6.45) is -4.83. The second kappa shape index (κ2) is 9.95. The summed E-state index contributed by atoms with van der Waals surface area (Å²) in [6.45, 7) is 3.38. The average molecular weight is 463 g/mol. The lowest BCUT2D eigenvalue weighted by Gasteiger charge is -2.20. The molecule has 0 saturated heterocycles. The Morgan fingerprint density at radius 1 is 1.06 bits per heavy atom. The molecule has 10 heteroatoms. The second-order valence-electron chi connectivity index (χ2n) is 7.55. The van der Waals surface area contributed by atoms with E-state index < -0.39 is 29.9 Å². The molecule has 0 unspecified atom stereocenters. The van der Waals surface area contributed by atoms with Crippen LogP contribution in [-0.2, 0) is 0 Å². The monoisotopic (exact) mass is 463 g/mol. The van der Waals surface area contributed by atoms with Crippen molar-refractivity contribution in [3.63, 3.8) is 0 Å². The number of carbonyl (C=O) groups is 1. The van der Waals surface area contributed by atoms with Gasteiger partial charge >= 0.3 is 6.36 Å². The van der Waals surface area contributed by atoms with Crippen LogP contribution in [0.4, 0.5) is 17.6 Å². The van der Waals surface area contributed by atoms with Gasteiger partial charge in [0.25, 0.3) is 5.91 Å². The van der Waals surface area contributed by atoms with E-state index in [2.05, 4.69) is 20.0 Å². The first-order chi connectivity index (χ1) is 15.6. The third kappa shape index (κ3) is 6.48. The molecule has 0 saturated carbocycles. The molecule has 1 atom stereocenters. The SMILES string of the molecule is CC(C)[C@@H](CO)NC(=O)c1cc(-c2ccc(OC(F)(F)F)cc2)nc(-c2cccc(F)c2)n1. The van der Waals surface area contributed by atoms with Crippen LogP contribution in [0.5, 0.6) is 5.75 Å². The van der Waals surface area contributed by atoms with Gasteiger partial charge in [0.2, 0.25) is 0 Å². The Balaban J connectivity index is 2.03. The van der Waals surface area contributed by atoms with E-state index in [9.17, 15) is 27.5 Å². The molecule has 1 aromatic heterocycles. The minimum atomic E-state index is -4.83. The van der Waals surface area contributed by atoms with Gasteiger partial charge in [-0.05, 0) is 48.4 Å². The van der Waals surface area contributed by atoms with E-state index in [4.69, 9.17) is 0 Å². The molecule has 1 amide bonds. The maximum Gasteiger partial charge on any atom is 0.573 e. The van der Waals surface area contributed by atoms with Gasteiger partial charge in [-0.3, -0.25) is 4.79 Å². The maximum atomic E-state index is 13.8. The first-order valence-electron chi connectivity index (χ1n) is 9.98. The number of nitrogens with zero attached hydrogens (tertiary/aromatic N) is 2. The van der Waals surface area contributed by atoms with Crippen molar-refractivity contribution in [2.45, 2.75) is 26.3 Å². The molecule has 0 bridgehead atoms. The molecule has 0 aliphatic heterocycles. The number of hydrogen-bond donors (Lipinski definition) is 2. The fraction of sp³-hybridized carbons (Fsp3) is 0.261. The van der Waals surface area contributed by atoms with Crippen LogP contribution in [0.1, 0.15) is 24.3 Å². The van der Waals surface area contributed by atoms with Crippen molar-refractivity contribution in [3.8, 4) is 28.4 Å². The highest BCUT2D eigenvalue weighted by molar-refractivity contribution is 5.94. The fourth-order valence-electron chi connectivity index (χ4n) is 2.96. The molecule has 6 nitrogen and oxygen atoms in total. The molecule has 33 heavy (non-hydrogen) atoms. The van der Waals surface area contributed by atoms with Crippen LogP contribution in [0.15, 0.2) is 54.6 Å². The zero-order valence-corrected chi connectivity index (χ0v) is 17.7. The van der Waals surface area contributed by atoms with Crippen molar-refractivity contribution >= 4 is 5.91 Å². The standard InChI is InChI=1S/C23H21F4N3O3/c1-13(2)20(12-31)30-22(32)19-11-18(14-6-8-17(9-7-14)33-23(25,26)27)28-21(29-19)15-4-3-5-16(24)10-15/h3-11,13,20,31H,12H2,1-2H3,(H,30,32)/t20-/m1/s1. The molecule has 3 rings (SSSR count). The van der Waals surface area contributed by atoms with Gasteiger partial charge in [0, 0.05) is 11.1 Å². The number of alkyl halides is 3. The lowest BCUT2D eigenvalue weighted by Crippen LogP contribution is -2.41. The number of aromatic nitrogens is 2. The normalized spacial score (nSPS) is 12.5. The van der Waals surface area contributed by atoms with Crippen LogP contribution < -0.4 is 10.1 Å². The van der Waals surface area contributed by atoms with Crippen LogP contribution in [0, 0.1) is 11.7 Å². The maximum absolute atomic E-state index is 13.8. The van der Waals surface area contributed by atoms with Gasteiger partial charge in [-0.1, -0.05) is 26.0 Å². The highest BCUT2D eigenvalue weighted by Crippen LogP contribution is 2.27. The number of aliphatic hydroxyl groups excluding tert-OH is 1. The van der Waals surface area contributed by atoms with E-state index in [1.54, 1.807) is 6.07 Å². The van der Waals surface area contributed by atoms with E-state index in [-0.39, 0.29) is 29.7 Å². The molecule has 0 aliphatic carbocycles. The Morgan fingerprint density at radius 3 is 2.33 bits per heavy atom. The van der Waals surface area contributed by atoms with Gasteiger partial charge in [-0.2, -0.15) is 0 Å². The third-order valence-corrected chi connectivity index (χ3v) is 4.74. The fourth-order valence-corrected chi connectivity index (χ4v) is 2.96. The Hall–Kier alpha value is -3.53. The third-order valence-electron chi connectivity index (χ3n) is 4.74. The Bertz CT molecular complexity index is 1120. The molecule has 3 aromatic rings. The van der Waals surface area contributed by atoms with Crippen molar-refractivity contribution in [2.24, 2.45) is 5.92 Å². The second-order valence-corrected chi connectivity index (χ2v) is 7.55. The van der Waals surface area contributed by atoms with Crippen molar-refractivity contribution < 1.29 is 32.2 Å². The molecule has 174 valence electrons. The number of aliphatic hydroxyl groups is 1. The number of nitrogens with one attached hydrogen (secondary N) is 1. The minimum absolute atomic E-state index is 0.0472. The van der Waals surface area contributed by atoms with Crippen LogP contribution in [0.25, 0.3) is 22.6 Å². The summed E-state index contributed by atoms with van der Waals surface area (Å²) >= 11 is 0. The summed E-state index contributed by atoms with van der Waals surface area (Å²) in [5.41, 5.74) is 0.888. The van der Waals surface area contributed by atoms with Gasteiger partial charge in [-0.25, -0.2) is 14.4 Å². The Kier molecular flexibility index (Phi) is 7.27. The molecule has 0 radical (unpaired) electrons. The van der Waals surface area contributed by atoms with E-state index in [0.717, 1.165) is 12.1 Å². The van der Waals surface area contributed by atoms with Crippen molar-refractivity contribution in [2.75, 3.05) is 6.61 Å². The zero-order valence-electron chi connectivity index (χ0n) is 17.7. The molecule has 0 aliphatic rings. The summed E-state index contributed by atoms with van der Waals surface area (Å²) in [4.78, 5) is 21.4. The number of halogens is 4. The van der Waals surface area contributed by atoms with E-state index in [0.29, 0.717) is 11.1 Å². The molecule has 0 fully saturated rings. The largest absolute Gasteiger partial charge is 0.573 e. The smallest absolute Gasteiger partial charge is 0.406 e. The quantitative estimate of drug-likeness (QED) is 0.501. The predicted molar refractivity (Wildman–Crippen MR) is 113 cm³/mol. The van der Waals surface area contributed by atoms with Crippen LogP contribution in [-0.4, -0.2) is 40.0 Å². The zero-order chi connectivity index (χ0) is 24.2. The number of ether oxygens (including phenoxy) is 1. The molecule has 2 N–H and O–H groups in total. The number of amides is 1. The summed E-state index contributed by atoms with van der Waals surface area (Å²) < 4.78 is 54.9. The van der Waals surface area contributed by atoms with Crippen molar-refractivity contribution in [3.05, 3.63) is 66.1 Å². The topological polar surface area (TPSA) is 84.3 Å². The van der Waals surface area contributed by atoms with Gasteiger partial charge in [0.15, 0.2) is 5.82 Å². The highest BCUT2D eigenvalue weighted by atomic mass is 19.4. The number of carbonyl (C=O) groups excluding carboxylic acids is 1.